The average Bonchev–Trinajstić information content (AvgIpc) is 3.28. The van der Waals surface area contributed by atoms with E-state index >= 15 is 0 Å². The first-order valence-corrected chi connectivity index (χ1v) is 12.1. The fraction of sp³-hybridized carbons (Fsp3) is 0.536. The number of allylic oxidation sites excluding steroid dienone is 4. The van der Waals surface area contributed by atoms with Crippen LogP contribution < -0.4 is 5.32 Å². The van der Waals surface area contributed by atoms with Crippen molar-refractivity contribution in [3.05, 3.63) is 52.6 Å². The molecule has 0 amide bonds. The van der Waals surface area contributed by atoms with Gasteiger partial charge in [0.25, 0.3) is 0 Å². The Balaban J connectivity index is 2.18. The Morgan fingerprint density at radius 1 is 1.18 bits per heavy atom. The molecule has 1 aliphatic rings. The van der Waals surface area contributed by atoms with Crippen LogP contribution in [0.4, 0.5) is 5.69 Å². The molecule has 1 saturated carbocycles. The standard InChI is InChI=1S/C28H40N2O3/c1-8-24(15-20(5)22(7)31)27(18(2)3)30-26-16-23(14-13-19(26)4)17-29-21(6)28(32)33-25-11-9-10-12-25/h8,13-16,18,21,25,29H,9-12,17H2,1-7H3/b20-15-,24-8+,30-27?. The summed E-state index contributed by atoms with van der Waals surface area (Å²) in [5.41, 5.74) is 5.65. The molecule has 33 heavy (non-hydrogen) atoms. The predicted molar refractivity (Wildman–Crippen MR) is 136 cm³/mol. The first-order valence-electron chi connectivity index (χ1n) is 12.1. The quantitative estimate of drug-likeness (QED) is 0.199. The summed E-state index contributed by atoms with van der Waals surface area (Å²) in [6.45, 7) is 14.0. The van der Waals surface area contributed by atoms with Crippen molar-refractivity contribution < 1.29 is 14.3 Å². The smallest absolute Gasteiger partial charge is 0.323 e. The van der Waals surface area contributed by atoms with E-state index in [1.165, 1.54) is 0 Å². The van der Waals surface area contributed by atoms with Crippen LogP contribution >= 0.6 is 0 Å². The van der Waals surface area contributed by atoms with Gasteiger partial charge in [-0.3, -0.25) is 14.6 Å². The first kappa shape index (κ1) is 26.7. The topological polar surface area (TPSA) is 67.8 Å². The van der Waals surface area contributed by atoms with E-state index in [2.05, 4.69) is 37.4 Å². The Labute approximate surface area is 199 Å². The molecule has 2 rings (SSSR count). The lowest BCUT2D eigenvalue weighted by molar-refractivity contribution is -0.150. The molecular weight excluding hydrogens is 412 g/mol. The zero-order valence-electron chi connectivity index (χ0n) is 21.3. The summed E-state index contributed by atoms with van der Waals surface area (Å²) in [4.78, 5) is 29.1. The zero-order chi connectivity index (χ0) is 24.5. The van der Waals surface area contributed by atoms with Gasteiger partial charge < -0.3 is 10.1 Å². The molecule has 1 aliphatic carbocycles. The van der Waals surface area contributed by atoms with Crippen LogP contribution in [0, 0.1) is 12.8 Å². The summed E-state index contributed by atoms with van der Waals surface area (Å²) in [6.07, 6.45) is 8.24. The number of aryl methyl sites for hydroxylation is 1. The number of Topliss-reactive ketones (excluding diaryl/α,β-unsaturated/α-hetero) is 1. The van der Waals surface area contributed by atoms with E-state index in [-0.39, 0.29) is 29.8 Å². The molecular formula is C28H40N2O3. The van der Waals surface area contributed by atoms with Gasteiger partial charge in [0, 0.05) is 6.54 Å². The van der Waals surface area contributed by atoms with Crippen LogP contribution in [0.5, 0.6) is 0 Å². The number of esters is 1. The molecule has 1 aromatic rings. The lowest BCUT2D eigenvalue weighted by atomic mass is 9.96. The summed E-state index contributed by atoms with van der Waals surface area (Å²) in [6, 6.07) is 5.82. The molecule has 180 valence electrons. The van der Waals surface area contributed by atoms with E-state index in [1.54, 1.807) is 6.92 Å². The van der Waals surface area contributed by atoms with Crippen molar-refractivity contribution >= 4 is 23.2 Å². The Morgan fingerprint density at radius 3 is 2.42 bits per heavy atom. The SMILES string of the molecule is C/C=C(\C=C(\C)C(C)=O)C(=Nc1cc(CNC(C)C(=O)OC2CCCC2)ccc1C)C(C)C. The van der Waals surface area contributed by atoms with E-state index in [1.807, 2.05) is 39.8 Å². The number of carbonyl (C=O) groups excluding carboxylic acids is 2. The van der Waals surface area contributed by atoms with Crippen LogP contribution in [0.15, 0.2) is 46.5 Å². The zero-order valence-corrected chi connectivity index (χ0v) is 21.3. The first-order chi connectivity index (χ1) is 15.6. The van der Waals surface area contributed by atoms with Crippen molar-refractivity contribution in [2.24, 2.45) is 10.9 Å². The minimum Gasteiger partial charge on any atom is -0.461 e. The highest BCUT2D eigenvalue weighted by Gasteiger charge is 2.22. The molecule has 0 radical (unpaired) electrons. The molecule has 0 heterocycles. The summed E-state index contributed by atoms with van der Waals surface area (Å²) < 4.78 is 5.61. The summed E-state index contributed by atoms with van der Waals surface area (Å²) in [5, 5.41) is 3.29. The van der Waals surface area contributed by atoms with Crippen molar-refractivity contribution in [1.82, 2.24) is 5.32 Å². The number of nitrogens with zero attached hydrogens (tertiary/aromatic N) is 1. The van der Waals surface area contributed by atoms with Gasteiger partial charge in [-0.05, 0) is 101 Å². The number of nitrogens with one attached hydrogen (secondary N) is 1. The second kappa shape index (κ2) is 12.6. The number of benzene rings is 1. The van der Waals surface area contributed by atoms with Crippen molar-refractivity contribution in [2.75, 3.05) is 0 Å². The monoisotopic (exact) mass is 452 g/mol. The van der Waals surface area contributed by atoms with Gasteiger partial charge in [0.2, 0.25) is 0 Å². The third-order valence-corrected chi connectivity index (χ3v) is 6.15. The Morgan fingerprint density at radius 2 is 1.85 bits per heavy atom. The Hall–Kier alpha value is -2.53. The maximum Gasteiger partial charge on any atom is 0.323 e. The highest BCUT2D eigenvalue weighted by molar-refractivity contribution is 6.07. The van der Waals surface area contributed by atoms with Crippen molar-refractivity contribution in [1.29, 1.82) is 0 Å². The lowest BCUT2D eigenvalue weighted by Gasteiger charge is -2.17. The van der Waals surface area contributed by atoms with Crippen LogP contribution in [0.3, 0.4) is 0 Å². The van der Waals surface area contributed by atoms with Gasteiger partial charge in [-0.2, -0.15) is 0 Å². The van der Waals surface area contributed by atoms with E-state index in [9.17, 15) is 9.59 Å². The molecule has 0 aromatic heterocycles. The summed E-state index contributed by atoms with van der Waals surface area (Å²) in [7, 11) is 0. The number of hydrogen-bond acceptors (Lipinski definition) is 5. The van der Waals surface area contributed by atoms with Gasteiger partial charge in [-0.15, -0.1) is 0 Å². The summed E-state index contributed by atoms with van der Waals surface area (Å²) >= 11 is 0. The van der Waals surface area contributed by atoms with E-state index < -0.39 is 0 Å². The Bertz CT molecular complexity index is 934. The van der Waals surface area contributed by atoms with Gasteiger partial charge in [0.1, 0.15) is 12.1 Å². The molecule has 1 aromatic carbocycles. The molecule has 1 atom stereocenters. The maximum absolute atomic E-state index is 12.4. The van der Waals surface area contributed by atoms with Crippen molar-refractivity contribution in [3.8, 4) is 0 Å². The van der Waals surface area contributed by atoms with E-state index in [4.69, 9.17) is 9.73 Å². The number of aliphatic imine (C=N–C) groups is 1. The van der Waals surface area contributed by atoms with Crippen LogP contribution in [-0.4, -0.2) is 29.6 Å². The normalized spacial score (nSPS) is 16.9. The largest absolute Gasteiger partial charge is 0.461 e. The molecule has 0 saturated heterocycles. The third kappa shape index (κ3) is 8.08. The highest BCUT2D eigenvalue weighted by Crippen LogP contribution is 2.25. The number of hydrogen-bond donors (Lipinski definition) is 1. The second-order valence-electron chi connectivity index (χ2n) is 9.35. The number of carbonyl (C=O) groups is 2. The van der Waals surface area contributed by atoms with E-state index in [0.29, 0.717) is 12.1 Å². The fourth-order valence-electron chi connectivity index (χ4n) is 3.81. The molecule has 0 aliphatic heterocycles. The van der Waals surface area contributed by atoms with Gasteiger partial charge in [-0.1, -0.05) is 32.1 Å². The van der Waals surface area contributed by atoms with Crippen LogP contribution in [0.25, 0.3) is 0 Å². The van der Waals surface area contributed by atoms with Crippen molar-refractivity contribution in [2.45, 2.75) is 92.8 Å². The molecule has 5 heteroatoms. The second-order valence-corrected chi connectivity index (χ2v) is 9.35. The fourth-order valence-corrected chi connectivity index (χ4v) is 3.81. The Kier molecular flexibility index (Phi) is 10.2. The minimum atomic E-state index is -0.362. The van der Waals surface area contributed by atoms with Crippen molar-refractivity contribution in [3.63, 3.8) is 0 Å². The predicted octanol–water partition coefficient (Wildman–Crippen LogP) is 6.17. The van der Waals surface area contributed by atoms with Gasteiger partial charge >= 0.3 is 5.97 Å². The highest BCUT2D eigenvalue weighted by atomic mass is 16.5. The molecule has 0 spiro atoms. The number of ether oxygens (including phenoxy) is 1. The van der Waals surface area contributed by atoms with Gasteiger partial charge in [-0.25, -0.2) is 0 Å². The van der Waals surface area contributed by atoms with Crippen LogP contribution in [0.1, 0.15) is 78.4 Å². The van der Waals surface area contributed by atoms with Crippen LogP contribution in [0.2, 0.25) is 0 Å². The van der Waals surface area contributed by atoms with E-state index in [0.717, 1.165) is 53.8 Å². The summed E-state index contributed by atoms with van der Waals surface area (Å²) in [5.74, 6) is 0.0701. The number of ketones is 1. The average molecular weight is 453 g/mol. The van der Waals surface area contributed by atoms with Gasteiger partial charge in [0.05, 0.1) is 11.4 Å². The molecule has 5 nitrogen and oxygen atoms in total. The lowest BCUT2D eigenvalue weighted by Crippen LogP contribution is -2.36. The van der Waals surface area contributed by atoms with Crippen LogP contribution in [-0.2, 0) is 20.9 Å². The third-order valence-electron chi connectivity index (χ3n) is 6.15. The maximum atomic E-state index is 12.4. The number of rotatable bonds is 10. The molecule has 1 fully saturated rings. The molecule has 1 N–H and O–H groups in total. The minimum absolute atomic E-state index is 0.0577. The molecule has 1 unspecified atom stereocenters. The molecule has 0 bridgehead atoms. The van der Waals surface area contributed by atoms with Gasteiger partial charge in [0.15, 0.2) is 5.78 Å².